The fraction of sp³-hybridized carbons (Fsp3) is 1.00. The molecule has 0 bridgehead atoms. The van der Waals surface area contributed by atoms with Gasteiger partial charge in [-0.2, -0.15) is 0 Å². The van der Waals surface area contributed by atoms with E-state index in [0.29, 0.717) is 5.67 Å². The Balaban J connectivity index is 5.88. The third-order valence-electron chi connectivity index (χ3n) is 4.25. The monoisotopic (exact) mass is 377 g/mol. The summed E-state index contributed by atoms with van der Waals surface area (Å²) in [5.41, 5.74) is 0.490. The zero-order valence-corrected chi connectivity index (χ0v) is 20.6. The summed E-state index contributed by atoms with van der Waals surface area (Å²) in [6.07, 6.45) is 3.28. The molecule has 0 rings (SSSR count). The third-order valence-corrected chi connectivity index (χ3v) is 16.4. The maximum absolute atomic E-state index is 6.57. The third kappa shape index (κ3) is 6.74. The minimum absolute atomic E-state index is 0.490. The van der Waals surface area contributed by atoms with Crippen LogP contribution < -0.4 is 0 Å². The number of nitrogens with zero attached hydrogens (tertiary/aromatic N) is 1. The SMILES string of the molecule is CCCO[Si](CC)(OCCC)C(CC)N([Si](C)(C)C)[Si](C)(C)C. The summed E-state index contributed by atoms with van der Waals surface area (Å²) < 4.78 is 16.1. The van der Waals surface area contributed by atoms with Crippen molar-refractivity contribution in [3.63, 3.8) is 0 Å². The van der Waals surface area contributed by atoms with Gasteiger partial charge in [-0.1, -0.05) is 67.0 Å². The average molecular weight is 378 g/mol. The first-order chi connectivity index (χ1) is 10.5. The zero-order chi connectivity index (χ0) is 18.3. The molecule has 0 amide bonds. The molecule has 0 radical (unpaired) electrons. The van der Waals surface area contributed by atoms with Crippen molar-refractivity contribution in [3.05, 3.63) is 0 Å². The molecule has 23 heavy (non-hydrogen) atoms. The highest BCUT2D eigenvalue weighted by Gasteiger charge is 2.52. The maximum atomic E-state index is 6.57. The second-order valence-electron chi connectivity index (χ2n) is 8.50. The molecule has 0 aromatic rings. The molecule has 1 unspecified atom stereocenters. The number of hydrogen-bond donors (Lipinski definition) is 0. The van der Waals surface area contributed by atoms with Gasteiger partial charge in [0, 0.05) is 18.9 Å². The smallest absolute Gasteiger partial charge is 0.354 e. The van der Waals surface area contributed by atoms with Crippen molar-refractivity contribution in [2.24, 2.45) is 0 Å². The summed E-state index contributed by atoms with van der Waals surface area (Å²) in [7, 11) is -5.11. The molecule has 0 aromatic carbocycles. The molecule has 0 saturated carbocycles. The van der Waals surface area contributed by atoms with Gasteiger partial charge < -0.3 is 13.1 Å². The van der Waals surface area contributed by atoms with Gasteiger partial charge in [-0.25, -0.2) is 0 Å². The van der Waals surface area contributed by atoms with Gasteiger partial charge in [-0.05, 0) is 25.3 Å². The lowest BCUT2D eigenvalue weighted by atomic mass is 10.5. The maximum Gasteiger partial charge on any atom is 0.354 e. The van der Waals surface area contributed by atoms with Crippen LogP contribution >= 0.6 is 0 Å². The van der Waals surface area contributed by atoms with Gasteiger partial charge in [-0.15, -0.1) is 0 Å². The molecule has 3 nitrogen and oxygen atoms in total. The Morgan fingerprint density at radius 3 is 1.35 bits per heavy atom. The van der Waals surface area contributed by atoms with E-state index in [1.807, 2.05) is 0 Å². The summed E-state index contributed by atoms with van der Waals surface area (Å²) in [4.78, 5) is 0. The first kappa shape index (κ1) is 23.5. The Morgan fingerprint density at radius 1 is 0.739 bits per heavy atom. The zero-order valence-electron chi connectivity index (χ0n) is 17.6. The Hall–Kier alpha value is 0.531. The molecule has 0 aliphatic carbocycles. The van der Waals surface area contributed by atoms with Crippen molar-refractivity contribution in [2.75, 3.05) is 13.2 Å². The van der Waals surface area contributed by atoms with Crippen LogP contribution in [0.4, 0.5) is 0 Å². The Morgan fingerprint density at radius 2 is 1.13 bits per heavy atom. The van der Waals surface area contributed by atoms with E-state index in [1.165, 1.54) is 0 Å². The van der Waals surface area contributed by atoms with Gasteiger partial charge >= 0.3 is 8.56 Å². The van der Waals surface area contributed by atoms with Gasteiger partial charge in [0.25, 0.3) is 0 Å². The van der Waals surface area contributed by atoms with E-state index >= 15 is 0 Å². The standard InChI is InChI=1S/C17H43NO2Si3/c1-11-15-19-23(14-4,20-16-12-2)17(13-3)18(21(5,6)7)22(8,9)10/h17H,11-16H2,1-10H3. The lowest BCUT2D eigenvalue weighted by Crippen LogP contribution is -2.72. The fourth-order valence-corrected chi connectivity index (χ4v) is 21.1. The predicted molar refractivity (Wildman–Crippen MR) is 111 cm³/mol. The normalized spacial score (nSPS) is 15.3. The lowest BCUT2D eigenvalue weighted by Gasteiger charge is -2.53. The average Bonchev–Trinajstić information content (AvgIpc) is 2.43. The highest BCUT2D eigenvalue weighted by atomic mass is 28.4. The van der Waals surface area contributed by atoms with Gasteiger partial charge in [0.2, 0.25) is 0 Å². The second-order valence-corrected chi connectivity index (χ2v) is 22.2. The number of rotatable bonds is 12. The van der Waals surface area contributed by atoms with Gasteiger partial charge in [0.15, 0.2) is 0 Å². The first-order valence-corrected chi connectivity index (χ1v) is 18.6. The second kappa shape index (κ2) is 9.87. The molecule has 0 aliphatic heterocycles. The fourth-order valence-electron chi connectivity index (χ4n) is 3.85. The van der Waals surface area contributed by atoms with Crippen LogP contribution in [0.25, 0.3) is 0 Å². The van der Waals surface area contributed by atoms with Crippen LogP contribution in [0.1, 0.15) is 47.0 Å². The summed E-state index contributed by atoms with van der Waals surface area (Å²) in [6.45, 7) is 25.6. The highest BCUT2D eigenvalue weighted by Crippen LogP contribution is 2.33. The quantitative estimate of drug-likeness (QED) is 0.414. The van der Waals surface area contributed by atoms with Crippen LogP contribution in [0.5, 0.6) is 0 Å². The predicted octanol–water partition coefficient (Wildman–Crippen LogP) is 5.59. The molecule has 6 heteroatoms. The van der Waals surface area contributed by atoms with Crippen molar-refractivity contribution < 1.29 is 8.85 Å². The molecule has 0 heterocycles. The van der Waals surface area contributed by atoms with Crippen LogP contribution in [0, 0.1) is 0 Å². The van der Waals surface area contributed by atoms with E-state index in [2.05, 4.69) is 71.2 Å². The van der Waals surface area contributed by atoms with Gasteiger partial charge in [0.05, 0.1) is 0 Å². The molecule has 140 valence electrons. The molecule has 0 fully saturated rings. The Kier molecular flexibility index (Phi) is 10.1. The minimum Gasteiger partial charge on any atom is -0.393 e. The lowest BCUT2D eigenvalue weighted by molar-refractivity contribution is 0.147. The number of hydrogen-bond acceptors (Lipinski definition) is 3. The Bertz CT molecular complexity index is 305. The molecular formula is C17H43NO2Si3. The van der Waals surface area contributed by atoms with E-state index in [4.69, 9.17) is 8.85 Å². The molecule has 0 aromatic heterocycles. The van der Waals surface area contributed by atoms with E-state index in [-0.39, 0.29) is 0 Å². The topological polar surface area (TPSA) is 21.7 Å². The van der Waals surface area contributed by atoms with Crippen molar-refractivity contribution in [1.82, 2.24) is 4.23 Å². The summed E-state index contributed by atoms with van der Waals surface area (Å²) in [5, 5.41) is 0. The first-order valence-electron chi connectivity index (χ1n) is 9.57. The largest absolute Gasteiger partial charge is 0.393 e. The minimum atomic E-state index is -2.23. The van der Waals surface area contributed by atoms with Crippen molar-refractivity contribution >= 4 is 25.0 Å². The summed E-state index contributed by atoms with van der Waals surface area (Å²) in [6, 6.07) is 1.05. The molecule has 0 spiro atoms. The van der Waals surface area contributed by atoms with Crippen LogP contribution in [-0.4, -0.2) is 48.1 Å². The summed E-state index contributed by atoms with van der Waals surface area (Å²) in [5.74, 6) is 0. The molecule has 1 atom stereocenters. The van der Waals surface area contributed by atoms with Crippen LogP contribution in [0.3, 0.4) is 0 Å². The van der Waals surface area contributed by atoms with E-state index in [9.17, 15) is 0 Å². The summed E-state index contributed by atoms with van der Waals surface area (Å²) >= 11 is 0. The van der Waals surface area contributed by atoms with Gasteiger partial charge in [0.1, 0.15) is 16.5 Å². The van der Waals surface area contributed by atoms with E-state index < -0.39 is 25.0 Å². The Labute approximate surface area is 149 Å². The van der Waals surface area contributed by atoms with E-state index in [0.717, 1.165) is 38.5 Å². The van der Waals surface area contributed by atoms with Crippen molar-refractivity contribution in [3.8, 4) is 0 Å². The van der Waals surface area contributed by atoms with Crippen LogP contribution in [0.2, 0.25) is 45.3 Å². The van der Waals surface area contributed by atoms with Crippen molar-refractivity contribution in [1.29, 1.82) is 0 Å². The van der Waals surface area contributed by atoms with E-state index in [1.54, 1.807) is 0 Å². The van der Waals surface area contributed by atoms with Crippen molar-refractivity contribution in [2.45, 2.75) is 97.9 Å². The van der Waals surface area contributed by atoms with Crippen LogP contribution in [-0.2, 0) is 8.85 Å². The highest BCUT2D eigenvalue weighted by molar-refractivity contribution is 6.91. The molecule has 0 aliphatic rings. The van der Waals surface area contributed by atoms with Gasteiger partial charge in [-0.3, -0.25) is 0 Å². The van der Waals surface area contributed by atoms with Crippen LogP contribution in [0.15, 0.2) is 0 Å². The molecular weight excluding hydrogens is 334 g/mol. The molecule has 0 saturated heterocycles. The molecule has 0 N–H and O–H groups in total.